The van der Waals surface area contributed by atoms with Gasteiger partial charge in [-0.15, -0.1) is 5.10 Å². The minimum atomic E-state index is -0.0799. The van der Waals surface area contributed by atoms with E-state index in [1.807, 2.05) is 28.9 Å². The number of hydrogen-bond donors (Lipinski definition) is 0. The van der Waals surface area contributed by atoms with E-state index in [2.05, 4.69) is 22.4 Å². The largest absolute Gasteiger partial charge is 0.338 e. The Labute approximate surface area is 158 Å². The van der Waals surface area contributed by atoms with E-state index < -0.39 is 0 Å². The van der Waals surface area contributed by atoms with Gasteiger partial charge in [-0.05, 0) is 30.4 Å². The van der Waals surface area contributed by atoms with Gasteiger partial charge in [0.05, 0.1) is 18.8 Å². The van der Waals surface area contributed by atoms with Gasteiger partial charge in [-0.2, -0.15) is 0 Å². The van der Waals surface area contributed by atoms with E-state index in [1.54, 1.807) is 10.9 Å². The predicted molar refractivity (Wildman–Crippen MR) is 99.9 cm³/mol. The second kappa shape index (κ2) is 7.50. The minimum absolute atomic E-state index is 0.0799. The van der Waals surface area contributed by atoms with Crippen molar-refractivity contribution in [3.05, 3.63) is 47.3 Å². The summed E-state index contributed by atoms with van der Waals surface area (Å²) in [4.78, 5) is 28.6. The maximum atomic E-state index is 12.8. The molecule has 7 heteroatoms. The quantitative estimate of drug-likeness (QED) is 0.827. The van der Waals surface area contributed by atoms with Gasteiger partial charge in [0.2, 0.25) is 5.91 Å². The van der Waals surface area contributed by atoms with Crippen LogP contribution < -0.4 is 0 Å². The molecular weight excluding hydrogens is 342 g/mol. The molecule has 2 aliphatic rings. The van der Waals surface area contributed by atoms with Gasteiger partial charge in [-0.3, -0.25) is 9.59 Å². The third-order valence-electron chi connectivity index (χ3n) is 5.57. The maximum Gasteiger partial charge on any atom is 0.276 e. The van der Waals surface area contributed by atoms with E-state index in [4.69, 9.17) is 0 Å². The zero-order valence-corrected chi connectivity index (χ0v) is 15.7. The van der Waals surface area contributed by atoms with E-state index in [1.165, 1.54) is 11.1 Å². The lowest BCUT2D eigenvalue weighted by Crippen LogP contribution is -2.37. The molecule has 1 saturated heterocycles. The molecule has 2 aromatic rings. The zero-order valence-electron chi connectivity index (χ0n) is 15.7. The lowest BCUT2D eigenvalue weighted by molar-refractivity contribution is -0.131. The Morgan fingerprint density at radius 3 is 2.81 bits per heavy atom. The van der Waals surface area contributed by atoms with Crippen LogP contribution in [0.1, 0.15) is 47.8 Å². The van der Waals surface area contributed by atoms with Gasteiger partial charge in [-0.25, -0.2) is 4.68 Å². The van der Waals surface area contributed by atoms with Crippen LogP contribution in [0.5, 0.6) is 0 Å². The molecule has 1 aromatic carbocycles. The van der Waals surface area contributed by atoms with Crippen molar-refractivity contribution in [1.29, 1.82) is 0 Å². The molecule has 0 aliphatic carbocycles. The van der Waals surface area contributed by atoms with E-state index in [0.717, 1.165) is 25.8 Å². The molecule has 0 N–H and O–H groups in total. The number of amides is 2. The van der Waals surface area contributed by atoms with Crippen LogP contribution in [0.15, 0.2) is 30.5 Å². The Bertz CT molecular complexity index is 846. The number of hydrogen-bond acceptors (Lipinski definition) is 4. The fourth-order valence-corrected chi connectivity index (χ4v) is 4.09. The molecule has 0 spiro atoms. The summed E-state index contributed by atoms with van der Waals surface area (Å²) < 4.78 is 1.71. The summed E-state index contributed by atoms with van der Waals surface area (Å²) >= 11 is 0. The topological polar surface area (TPSA) is 71.3 Å². The monoisotopic (exact) mass is 367 g/mol. The van der Waals surface area contributed by atoms with E-state index in [0.29, 0.717) is 31.7 Å². The highest BCUT2D eigenvalue weighted by atomic mass is 16.2. The summed E-state index contributed by atoms with van der Waals surface area (Å²) in [6, 6.07) is 8.39. The molecule has 0 radical (unpaired) electrons. The number of rotatable bonds is 4. The van der Waals surface area contributed by atoms with Crippen LogP contribution in [0.2, 0.25) is 0 Å². The van der Waals surface area contributed by atoms with Crippen molar-refractivity contribution >= 4 is 11.8 Å². The normalized spacial score (nSPS) is 19.2. The van der Waals surface area contributed by atoms with Crippen LogP contribution in [0.25, 0.3) is 0 Å². The minimum Gasteiger partial charge on any atom is -0.338 e. The Balaban J connectivity index is 1.42. The van der Waals surface area contributed by atoms with Crippen molar-refractivity contribution in [1.82, 2.24) is 24.8 Å². The van der Waals surface area contributed by atoms with Crippen LogP contribution in [-0.2, 0) is 24.3 Å². The molecular formula is C20H25N5O2. The predicted octanol–water partition coefficient (Wildman–Crippen LogP) is 1.88. The van der Waals surface area contributed by atoms with Gasteiger partial charge in [0.1, 0.15) is 0 Å². The number of benzene rings is 1. The van der Waals surface area contributed by atoms with E-state index in [-0.39, 0.29) is 17.9 Å². The van der Waals surface area contributed by atoms with Crippen molar-refractivity contribution in [2.75, 3.05) is 13.1 Å². The second-order valence-electron chi connectivity index (χ2n) is 7.31. The Hall–Kier alpha value is -2.70. The number of fused-ring (bicyclic) bond motifs is 1. The van der Waals surface area contributed by atoms with E-state index in [9.17, 15) is 9.59 Å². The third kappa shape index (κ3) is 3.59. The van der Waals surface area contributed by atoms with Crippen LogP contribution in [0.3, 0.4) is 0 Å². The van der Waals surface area contributed by atoms with Gasteiger partial charge in [0, 0.05) is 26.1 Å². The summed E-state index contributed by atoms with van der Waals surface area (Å²) in [6.45, 7) is 4.61. The first-order chi connectivity index (χ1) is 13.2. The molecule has 2 aliphatic heterocycles. The molecule has 1 fully saturated rings. The highest BCUT2D eigenvalue weighted by Gasteiger charge is 2.29. The highest BCUT2D eigenvalue weighted by molar-refractivity contribution is 5.92. The maximum absolute atomic E-state index is 12.8. The molecule has 27 heavy (non-hydrogen) atoms. The average molecular weight is 367 g/mol. The molecule has 3 heterocycles. The van der Waals surface area contributed by atoms with Gasteiger partial charge < -0.3 is 9.80 Å². The Kier molecular flexibility index (Phi) is 4.92. The highest BCUT2D eigenvalue weighted by Crippen LogP contribution is 2.21. The van der Waals surface area contributed by atoms with Gasteiger partial charge in [-0.1, -0.05) is 36.4 Å². The Morgan fingerprint density at radius 1 is 1.19 bits per heavy atom. The SMILES string of the molecule is CCC(=O)N1CCC[C@H]1Cn1cc(C(=O)N2CCc3ccccc3C2)nn1. The number of aromatic nitrogens is 3. The van der Waals surface area contributed by atoms with Crippen LogP contribution >= 0.6 is 0 Å². The second-order valence-corrected chi connectivity index (χ2v) is 7.31. The number of likely N-dealkylation sites (tertiary alicyclic amines) is 1. The molecule has 0 saturated carbocycles. The summed E-state index contributed by atoms with van der Waals surface area (Å²) in [5.74, 6) is 0.101. The molecule has 0 unspecified atom stereocenters. The van der Waals surface area contributed by atoms with Crippen molar-refractivity contribution < 1.29 is 9.59 Å². The number of nitrogens with zero attached hydrogens (tertiary/aromatic N) is 5. The lowest BCUT2D eigenvalue weighted by atomic mass is 10.00. The summed E-state index contributed by atoms with van der Waals surface area (Å²) in [5, 5.41) is 8.24. The smallest absolute Gasteiger partial charge is 0.276 e. The Morgan fingerprint density at radius 2 is 2.00 bits per heavy atom. The van der Waals surface area contributed by atoms with Gasteiger partial charge >= 0.3 is 0 Å². The first kappa shape index (κ1) is 17.7. The average Bonchev–Trinajstić information content (AvgIpc) is 3.36. The third-order valence-corrected chi connectivity index (χ3v) is 5.57. The summed E-state index contributed by atoms with van der Waals surface area (Å²) in [7, 11) is 0. The fourth-order valence-electron chi connectivity index (χ4n) is 4.09. The van der Waals surface area contributed by atoms with Gasteiger partial charge in [0.25, 0.3) is 5.91 Å². The van der Waals surface area contributed by atoms with Crippen molar-refractivity contribution in [3.8, 4) is 0 Å². The summed E-state index contributed by atoms with van der Waals surface area (Å²) in [5.41, 5.74) is 2.89. The first-order valence-electron chi connectivity index (χ1n) is 9.71. The summed E-state index contributed by atoms with van der Waals surface area (Å²) in [6.07, 6.45) is 5.10. The molecule has 1 atom stereocenters. The number of carbonyl (C=O) groups excluding carboxylic acids is 2. The lowest BCUT2D eigenvalue weighted by Gasteiger charge is -2.28. The van der Waals surface area contributed by atoms with Crippen molar-refractivity contribution in [2.24, 2.45) is 0 Å². The molecule has 2 amide bonds. The number of carbonyl (C=O) groups is 2. The van der Waals surface area contributed by atoms with Crippen LogP contribution in [0, 0.1) is 0 Å². The molecule has 1 aromatic heterocycles. The van der Waals surface area contributed by atoms with Crippen molar-refractivity contribution in [2.45, 2.75) is 51.7 Å². The van der Waals surface area contributed by atoms with Crippen LogP contribution in [0.4, 0.5) is 0 Å². The van der Waals surface area contributed by atoms with Gasteiger partial charge in [0.15, 0.2) is 5.69 Å². The van der Waals surface area contributed by atoms with E-state index >= 15 is 0 Å². The van der Waals surface area contributed by atoms with Crippen LogP contribution in [-0.4, -0.2) is 55.7 Å². The molecule has 4 rings (SSSR count). The van der Waals surface area contributed by atoms with Crippen molar-refractivity contribution in [3.63, 3.8) is 0 Å². The molecule has 7 nitrogen and oxygen atoms in total. The molecule has 0 bridgehead atoms. The first-order valence-corrected chi connectivity index (χ1v) is 9.71. The zero-order chi connectivity index (χ0) is 18.8. The molecule has 142 valence electrons. The fraction of sp³-hybridized carbons (Fsp3) is 0.500. The standard InChI is InChI=1S/C20H25N5O2/c1-2-19(26)25-10-5-8-17(25)13-24-14-18(21-22-24)20(27)23-11-9-15-6-3-4-7-16(15)12-23/h3-4,6-7,14,17H,2,5,8-13H2,1H3/t17-/m0/s1.